The molecule has 3 fully saturated rings. The minimum Gasteiger partial charge on any atom is -0.454 e. The van der Waals surface area contributed by atoms with Crippen LogP contribution in [0.5, 0.6) is 11.5 Å². The molecule has 2 saturated heterocycles. The van der Waals surface area contributed by atoms with E-state index in [9.17, 15) is 4.79 Å². The van der Waals surface area contributed by atoms with Crippen LogP contribution in [0.25, 0.3) is 0 Å². The lowest BCUT2D eigenvalue weighted by molar-refractivity contribution is -0.124. The van der Waals surface area contributed by atoms with Crippen LogP contribution < -0.4 is 14.4 Å². The van der Waals surface area contributed by atoms with Crippen LogP contribution in [0.2, 0.25) is 0 Å². The summed E-state index contributed by atoms with van der Waals surface area (Å²) < 4.78 is 17.0. The van der Waals surface area contributed by atoms with Gasteiger partial charge >= 0.3 is 0 Å². The minimum atomic E-state index is 0.201. The molecule has 0 unspecified atom stereocenters. The number of nitrogens with zero attached hydrogens (tertiary/aromatic N) is 2. The molecule has 0 spiro atoms. The van der Waals surface area contributed by atoms with Crippen molar-refractivity contribution >= 4 is 11.5 Å². The second-order valence-electron chi connectivity index (χ2n) is 10.5. The zero-order valence-corrected chi connectivity index (χ0v) is 20.0. The number of ether oxygens (including phenoxy) is 3. The number of ketones is 1. The normalized spacial score (nSPS) is 28.1. The summed E-state index contributed by atoms with van der Waals surface area (Å²) in [6.45, 7) is 6.68. The van der Waals surface area contributed by atoms with E-state index < -0.39 is 0 Å². The Bertz CT molecular complexity index is 778. The van der Waals surface area contributed by atoms with Crippen LogP contribution in [-0.4, -0.2) is 62.9 Å². The molecule has 0 N–H and O–H groups in total. The van der Waals surface area contributed by atoms with Crippen molar-refractivity contribution in [2.45, 2.75) is 70.3 Å². The van der Waals surface area contributed by atoms with Gasteiger partial charge in [0.2, 0.25) is 6.79 Å². The molecule has 1 aliphatic carbocycles. The Morgan fingerprint density at radius 3 is 2.52 bits per heavy atom. The van der Waals surface area contributed by atoms with Crippen LogP contribution in [0.3, 0.4) is 0 Å². The third-order valence-corrected chi connectivity index (χ3v) is 8.15. The van der Waals surface area contributed by atoms with Gasteiger partial charge in [0.15, 0.2) is 11.5 Å². The van der Waals surface area contributed by atoms with E-state index in [2.05, 4.69) is 21.9 Å². The average Bonchev–Trinajstić information content (AvgIpc) is 3.34. The predicted molar refractivity (Wildman–Crippen MR) is 129 cm³/mol. The first-order valence-corrected chi connectivity index (χ1v) is 13.2. The molecule has 0 aromatic heterocycles. The van der Waals surface area contributed by atoms with Crippen LogP contribution in [0, 0.1) is 11.8 Å². The number of hydrogen-bond donors (Lipinski definition) is 0. The molecule has 1 atom stereocenters. The molecule has 0 amide bonds. The van der Waals surface area contributed by atoms with Crippen molar-refractivity contribution in [2.24, 2.45) is 11.8 Å². The third kappa shape index (κ3) is 6.02. The van der Waals surface area contributed by atoms with Crippen molar-refractivity contribution < 1.29 is 19.0 Å². The summed E-state index contributed by atoms with van der Waals surface area (Å²) in [6, 6.07) is 6.19. The van der Waals surface area contributed by atoms with Crippen LogP contribution in [0.1, 0.15) is 64.2 Å². The quantitative estimate of drug-likeness (QED) is 0.567. The zero-order chi connectivity index (χ0) is 22.5. The van der Waals surface area contributed by atoms with E-state index >= 15 is 0 Å². The molecule has 6 nitrogen and oxygen atoms in total. The summed E-state index contributed by atoms with van der Waals surface area (Å²) in [4.78, 5) is 17.5. The standard InChI is InChI=1S/C27H40N2O4/c30-23(19-24-4-1-2-17-31-24)18-22-9-7-21(8-10-22)11-12-28-13-15-29(16-14-28)25-5-3-6-26-27(25)33-20-32-26/h3,5-6,21-22,24H,1-2,4,7-20H2/t21?,22?,24-/m1/s1. The lowest BCUT2D eigenvalue weighted by Crippen LogP contribution is -2.47. The first-order valence-electron chi connectivity index (χ1n) is 13.2. The minimum absolute atomic E-state index is 0.201. The van der Waals surface area contributed by atoms with E-state index in [0.29, 0.717) is 24.9 Å². The first kappa shape index (κ1) is 23.0. The van der Waals surface area contributed by atoms with E-state index in [1.807, 2.05) is 6.07 Å². The van der Waals surface area contributed by atoms with Gasteiger partial charge in [-0.2, -0.15) is 0 Å². The fourth-order valence-corrected chi connectivity index (χ4v) is 6.09. The van der Waals surface area contributed by atoms with E-state index in [-0.39, 0.29) is 6.10 Å². The zero-order valence-electron chi connectivity index (χ0n) is 20.0. The van der Waals surface area contributed by atoms with Gasteiger partial charge in [0.25, 0.3) is 0 Å². The lowest BCUT2D eigenvalue weighted by Gasteiger charge is -2.37. The lowest BCUT2D eigenvalue weighted by atomic mass is 9.78. The van der Waals surface area contributed by atoms with E-state index in [1.165, 1.54) is 50.8 Å². The average molecular weight is 457 g/mol. The Morgan fingerprint density at radius 2 is 1.73 bits per heavy atom. The van der Waals surface area contributed by atoms with Gasteiger partial charge in [0.05, 0.1) is 11.8 Å². The number of carbonyl (C=O) groups is 1. The number of hydrogen-bond acceptors (Lipinski definition) is 6. The summed E-state index contributed by atoms with van der Waals surface area (Å²) in [5.74, 6) is 3.66. The molecule has 33 heavy (non-hydrogen) atoms. The van der Waals surface area contributed by atoms with Crippen molar-refractivity contribution in [1.82, 2.24) is 4.90 Å². The van der Waals surface area contributed by atoms with E-state index in [1.54, 1.807) is 0 Å². The van der Waals surface area contributed by atoms with Gasteiger partial charge in [-0.15, -0.1) is 0 Å². The van der Waals surface area contributed by atoms with Gasteiger partial charge in [-0.1, -0.05) is 18.9 Å². The Kier molecular flexibility index (Phi) is 7.72. The predicted octanol–water partition coefficient (Wildman–Crippen LogP) is 4.65. The molecule has 1 saturated carbocycles. The second kappa shape index (κ2) is 11.1. The first-order chi connectivity index (χ1) is 16.2. The van der Waals surface area contributed by atoms with E-state index in [0.717, 1.165) is 69.5 Å². The smallest absolute Gasteiger partial charge is 0.231 e. The molecule has 0 radical (unpaired) electrons. The third-order valence-electron chi connectivity index (χ3n) is 8.15. The fraction of sp³-hybridized carbons (Fsp3) is 0.741. The molecule has 3 aliphatic heterocycles. The number of fused-ring (bicyclic) bond motifs is 1. The number of benzene rings is 1. The second-order valence-corrected chi connectivity index (χ2v) is 10.5. The molecule has 4 aliphatic rings. The van der Waals surface area contributed by atoms with Crippen molar-refractivity contribution in [3.63, 3.8) is 0 Å². The molecule has 1 aromatic rings. The molecular formula is C27H40N2O4. The Labute approximate surface area is 198 Å². The Balaban J connectivity index is 0.980. The highest BCUT2D eigenvalue weighted by molar-refractivity contribution is 5.79. The molecular weight excluding hydrogens is 416 g/mol. The van der Waals surface area contributed by atoms with Gasteiger partial charge in [-0.25, -0.2) is 0 Å². The molecule has 5 rings (SSSR count). The van der Waals surface area contributed by atoms with E-state index in [4.69, 9.17) is 14.2 Å². The maximum Gasteiger partial charge on any atom is 0.231 e. The van der Waals surface area contributed by atoms with Crippen LogP contribution in [0.4, 0.5) is 5.69 Å². The number of Topliss-reactive ketones (excluding diaryl/α,β-unsaturated/α-hetero) is 1. The summed E-state index contributed by atoms with van der Waals surface area (Å²) in [5, 5.41) is 0. The SMILES string of the molecule is O=C(CC1CCC(CCN2CCN(c3cccc4c3OCO4)CC2)CC1)C[C@H]1CCCCO1. The number of para-hydroxylation sites is 1. The van der Waals surface area contributed by atoms with Crippen molar-refractivity contribution in [2.75, 3.05) is 51.0 Å². The van der Waals surface area contributed by atoms with Gasteiger partial charge < -0.3 is 19.1 Å². The monoisotopic (exact) mass is 456 g/mol. The van der Waals surface area contributed by atoms with Crippen molar-refractivity contribution in [1.29, 1.82) is 0 Å². The summed E-state index contributed by atoms with van der Waals surface area (Å²) >= 11 is 0. The topological polar surface area (TPSA) is 51.2 Å². The summed E-state index contributed by atoms with van der Waals surface area (Å²) in [7, 11) is 0. The highest BCUT2D eigenvalue weighted by Crippen LogP contribution is 2.41. The highest BCUT2D eigenvalue weighted by atomic mass is 16.7. The fourth-order valence-electron chi connectivity index (χ4n) is 6.09. The summed E-state index contributed by atoms with van der Waals surface area (Å²) in [6.07, 6.45) is 11.4. The molecule has 0 bridgehead atoms. The molecule has 3 heterocycles. The number of piperazine rings is 1. The van der Waals surface area contributed by atoms with Crippen LogP contribution in [0.15, 0.2) is 18.2 Å². The number of anilines is 1. The van der Waals surface area contributed by atoms with Gasteiger partial charge in [-0.05, 0) is 69.0 Å². The molecule has 6 heteroatoms. The number of carbonyl (C=O) groups excluding carboxylic acids is 1. The highest BCUT2D eigenvalue weighted by Gasteiger charge is 2.27. The number of rotatable bonds is 8. The van der Waals surface area contributed by atoms with Crippen LogP contribution >= 0.6 is 0 Å². The molecule has 182 valence electrons. The Morgan fingerprint density at radius 1 is 0.909 bits per heavy atom. The van der Waals surface area contributed by atoms with Crippen molar-refractivity contribution in [3.8, 4) is 11.5 Å². The Hall–Kier alpha value is -1.79. The molecule has 1 aromatic carbocycles. The van der Waals surface area contributed by atoms with Crippen molar-refractivity contribution in [3.05, 3.63) is 18.2 Å². The maximum atomic E-state index is 12.5. The maximum absolute atomic E-state index is 12.5. The summed E-state index contributed by atoms with van der Waals surface area (Å²) in [5.41, 5.74) is 1.17. The van der Waals surface area contributed by atoms with Gasteiger partial charge in [0.1, 0.15) is 5.78 Å². The van der Waals surface area contributed by atoms with Crippen LogP contribution in [-0.2, 0) is 9.53 Å². The van der Waals surface area contributed by atoms with Gasteiger partial charge in [-0.3, -0.25) is 9.69 Å². The largest absolute Gasteiger partial charge is 0.454 e. The van der Waals surface area contributed by atoms with Gasteiger partial charge in [0, 0.05) is 45.6 Å².